The highest BCUT2D eigenvalue weighted by Gasteiger charge is 2.12. The summed E-state index contributed by atoms with van der Waals surface area (Å²) in [5.41, 5.74) is 3.15. The number of thiazole rings is 1. The summed E-state index contributed by atoms with van der Waals surface area (Å²) in [6.45, 7) is 4.21. The van der Waals surface area contributed by atoms with Crippen LogP contribution in [0.2, 0.25) is 0 Å². The zero-order valence-electron chi connectivity index (χ0n) is 16.9. The Morgan fingerprint density at radius 2 is 2.07 bits per heavy atom. The van der Waals surface area contributed by atoms with Crippen LogP contribution in [0.15, 0.2) is 53.4 Å². The lowest BCUT2D eigenvalue weighted by atomic mass is 10.1. The minimum Gasteiger partial charge on any atom is -0.493 e. The highest BCUT2D eigenvalue weighted by atomic mass is 32.1. The molecule has 7 heteroatoms. The van der Waals surface area contributed by atoms with Gasteiger partial charge in [0.25, 0.3) is 5.91 Å². The van der Waals surface area contributed by atoms with Crippen LogP contribution < -0.4 is 14.8 Å². The molecule has 1 amide bonds. The van der Waals surface area contributed by atoms with Crippen LogP contribution in [-0.4, -0.2) is 18.0 Å². The molecule has 0 unspecified atom stereocenters. The molecule has 30 heavy (non-hydrogen) atoms. The zero-order chi connectivity index (χ0) is 21.5. The quantitative estimate of drug-likeness (QED) is 0.435. The van der Waals surface area contributed by atoms with Crippen molar-refractivity contribution in [3.8, 4) is 17.6 Å². The molecule has 0 aliphatic heterocycles. The largest absolute Gasteiger partial charge is 0.493 e. The monoisotopic (exact) mass is 419 g/mol. The van der Waals surface area contributed by atoms with Gasteiger partial charge < -0.3 is 14.8 Å². The van der Waals surface area contributed by atoms with Gasteiger partial charge in [0.2, 0.25) is 0 Å². The number of rotatable bonds is 7. The summed E-state index contributed by atoms with van der Waals surface area (Å²) in [4.78, 5) is 16.8. The first-order valence-corrected chi connectivity index (χ1v) is 10.1. The molecule has 0 radical (unpaired) electrons. The molecule has 3 rings (SSSR count). The second-order valence-electron chi connectivity index (χ2n) is 6.55. The summed E-state index contributed by atoms with van der Waals surface area (Å²) in [5.74, 6) is 0.594. The van der Waals surface area contributed by atoms with Crippen molar-refractivity contribution < 1.29 is 14.3 Å². The number of aromatic nitrogens is 1. The number of ether oxygens (including phenoxy) is 2. The van der Waals surface area contributed by atoms with Gasteiger partial charge in [0.15, 0.2) is 11.5 Å². The summed E-state index contributed by atoms with van der Waals surface area (Å²) >= 11 is 1.57. The number of nitriles is 1. The Balaban J connectivity index is 1.75. The van der Waals surface area contributed by atoms with Gasteiger partial charge in [-0.05, 0) is 55.3 Å². The number of nitrogens with zero attached hydrogens (tertiary/aromatic N) is 2. The minimum atomic E-state index is -0.471. The maximum atomic E-state index is 12.5. The fraction of sp³-hybridized carbons (Fsp3) is 0.174. The Bertz CT molecular complexity index is 1130. The molecule has 0 bridgehead atoms. The van der Waals surface area contributed by atoms with Gasteiger partial charge in [0.1, 0.15) is 18.2 Å². The SMILES string of the molecule is COc1cc(/C=C(\C#N)C(=O)Nc2cccc(C)c2)ccc1OCc1csc(C)n1. The van der Waals surface area contributed by atoms with Crippen LogP contribution in [0.4, 0.5) is 5.69 Å². The molecule has 0 atom stereocenters. The van der Waals surface area contributed by atoms with Gasteiger partial charge >= 0.3 is 0 Å². The molecule has 2 aromatic carbocycles. The zero-order valence-corrected chi connectivity index (χ0v) is 17.7. The first-order chi connectivity index (χ1) is 14.5. The van der Waals surface area contributed by atoms with E-state index in [4.69, 9.17) is 9.47 Å². The van der Waals surface area contributed by atoms with E-state index in [-0.39, 0.29) is 5.57 Å². The molecule has 1 aromatic heterocycles. The van der Waals surface area contributed by atoms with Crippen LogP contribution in [0.1, 0.15) is 21.8 Å². The third-order valence-electron chi connectivity index (χ3n) is 4.18. The minimum absolute atomic E-state index is 0.00910. The first-order valence-electron chi connectivity index (χ1n) is 9.20. The van der Waals surface area contributed by atoms with Crippen LogP contribution in [0.3, 0.4) is 0 Å². The molecular weight excluding hydrogens is 398 g/mol. The van der Waals surface area contributed by atoms with E-state index in [1.807, 2.05) is 43.5 Å². The van der Waals surface area contributed by atoms with Crippen molar-refractivity contribution in [2.24, 2.45) is 0 Å². The number of benzene rings is 2. The molecule has 0 saturated carbocycles. The summed E-state index contributed by atoms with van der Waals surface area (Å²) in [6, 6.07) is 14.6. The van der Waals surface area contributed by atoms with Gasteiger partial charge in [-0.2, -0.15) is 5.26 Å². The lowest BCUT2D eigenvalue weighted by molar-refractivity contribution is -0.112. The van der Waals surface area contributed by atoms with Crippen LogP contribution >= 0.6 is 11.3 Å². The molecule has 6 nitrogen and oxygen atoms in total. The van der Waals surface area contributed by atoms with Crippen LogP contribution in [0.25, 0.3) is 6.08 Å². The molecule has 152 valence electrons. The maximum Gasteiger partial charge on any atom is 0.266 e. The Morgan fingerprint density at radius 1 is 1.23 bits per heavy atom. The van der Waals surface area contributed by atoms with E-state index in [0.717, 1.165) is 16.3 Å². The van der Waals surface area contributed by atoms with E-state index in [1.54, 1.807) is 42.7 Å². The van der Waals surface area contributed by atoms with Gasteiger partial charge in [-0.15, -0.1) is 11.3 Å². The number of anilines is 1. The topological polar surface area (TPSA) is 84.2 Å². The van der Waals surface area contributed by atoms with Gasteiger partial charge in [-0.3, -0.25) is 4.79 Å². The van der Waals surface area contributed by atoms with E-state index in [2.05, 4.69) is 10.3 Å². The number of methoxy groups -OCH3 is 1. The predicted octanol–water partition coefficient (Wildman–Crippen LogP) is 4.89. The van der Waals surface area contributed by atoms with Crippen molar-refractivity contribution in [3.05, 3.63) is 75.2 Å². The average Bonchev–Trinajstić information content (AvgIpc) is 3.15. The maximum absolute atomic E-state index is 12.5. The first kappa shape index (κ1) is 21.1. The van der Waals surface area contributed by atoms with Crippen molar-refractivity contribution in [1.82, 2.24) is 4.98 Å². The van der Waals surface area contributed by atoms with Crippen LogP contribution in [0.5, 0.6) is 11.5 Å². The van der Waals surface area contributed by atoms with E-state index >= 15 is 0 Å². The summed E-state index contributed by atoms with van der Waals surface area (Å²) in [5, 5.41) is 15.1. The number of amides is 1. The molecule has 0 aliphatic carbocycles. The predicted molar refractivity (Wildman–Crippen MR) is 118 cm³/mol. The Morgan fingerprint density at radius 3 is 2.73 bits per heavy atom. The fourth-order valence-corrected chi connectivity index (χ4v) is 3.35. The van der Waals surface area contributed by atoms with Crippen molar-refractivity contribution in [1.29, 1.82) is 5.26 Å². The fourth-order valence-electron chi connectivity index (χ4n) is 2.76. The normalized spacial score (nSPS) is 10.9. The number of nitrogens with one attached hydrogen (secondary N) is 1. The average molecular weight is 420 g/mol. The molecule has 1 heterocycles. The molecule has 3 aromatic rings. The molecule has 1 N–H and O–H groups in total. The molecule has 0 aliphatic rings. The lowest BCUT2D eigenvalue weighted by Gasteiger charge is -2.11. The Labute approximate surface area is 179 Å². The lowest BCUT2D eigenvalue weighted by Crippen LogP contribution is -2.13. The molecule has 0 fully saturated rings. The van der Waals surface area contributed by atoms with E-state index in [1.165, 1.54) is 6.08 Å². The smallest absolute Gasteiger partial charge is 0.266 e. The molecule has 0 spiro atoms. The van der Waals surface area contributed by atoms with E-state index in [9.17, 15) is 10.1 Å². The van der Waals surface area contributed by atoms with Crippen molar-refractivity contribution in [2.45, 2.75) is 20.5 Å². The van der Waals surface area contributed by atoms with E-state index in [0.29, 0.717) is 29.4 Å². The summed E-state index contributed by atoms with van der Waals surface area (Å²) in [6.07, 6.45) is 1.52. The second-order valence-corrected chi connectivity index (χ2v) is 7.61. The molecule has 0 saturated heterocycles. The number of carbonyl (C=O) groups is 1. The number of aryl methyl sites for hydroxylation is 2. The number of hydrogen-bond donors (Lipinski definition) is 1. The van der Waals surface area contributed by atoms with Crippen LogP contribution in [-0.2, 0) is 11.4 Å². The van der Waals surface area contributed by atoms with Gasteiger partial charge in [0, 0.05) is 11.1 Å². The highest BCUT2D eigenvalue weighted by Crippen LogP contribution is 2.30. The van der Waals surface area contributed by atoms with Gasteiger partial charge in [0.05, 0.1) is 17.8 Å². The van der Waals surface area contributed by atoms with Gasteiger partial charge in [-0.1, -0.05) is 18.2 Å². The third kappa shape index (κ3) is 5.46. The van der Waals surface area contributed by atoms with Crippen molar-refractivity contribution in [3.63, 3.8) is 0 Å². The Hall–Kier alpha value is -3.63. The third-order valence-corrected chi connectivity index (χ3v) is 5.00. The Kier molecular flexibility index (Phi) is 6.83. The van der Waals surface area contributed by atoms with Crippen molar-refractivity contribution in [2.75, 3.05) is 12.4 Å². The van der Waals surface area contributed by atoms with Crippen LogP contribution in [0, 0.1) is 25.2 Å². The van der Waals surface area contributed by atoms with Crippen molar-refractivity contribution >= 4 is 29.0 Å². The summed E-state index contributed by atoms with van der Waals surface area (Å²) in [7, 11) is 1.54. The van der Waals surface area contributed by atoms with Gasteiger partial charge in [-0.25, -0.2) is 4.98 Å². The summed E-state index contributed by atoms with van der Waals surface area (Å²) < 4.78 is 11.2. The number of hydrogen-bond acceptors (Lipinski definition) is 6. The number of carbonyl (C=O) groups excluding carboxylic acids is 1. The molecular formula is C23H21N3O3S. The van der Waals surface area contributed by atoms with E-state index < -0.39 is 5.91 Å². The highest BCUT2D eigenvalue weighted by molar-refractivity contribution is 7.09. The second kappa shape index (κ2) is 9.72. The standard InChI is InChI=1S/C23H21N3O3S/c1-15-5-4-6-19(9-15)26-23(27)18(12-24)10-17-7-8-21(22(11-17)28-3)29-13-20-14-30-16(2)25-20/h4-11,14H,13H2,1-3H3,(H,26,27)/b18-10+.